The third-order valence-corrected chi connectivity index (χ3v) is 3.15. The minimum atomic E-state index is -0.0441. The third-order valence-electron chi connectivity index (χ3n) is 3.15. The second-order valence-corrected chi connectivity index (χ2v) is 4.42. The number of amides is 2. The maximum Gasteiger partial charge on any atom is 0.322 e. The van der Waals surface area contributed by atoms with Crippen molar-refractivity contribution in [3.8, 4) is 0 Å². The number of rotatable bonds is 1. The molecule has 0 aromatic heterocycles. The van der Waals surface area contributed by atoms with Crippen LogP contribution in [0.1, 0.15) is 38.8 Å². The van der Waals surface area contributed by atoms with Crippen molar-refractivity contribution in [3.05, 3.63) is 65.7 Å². The lowest BCUT2D eigenvalue weighted by molar-refractivity contribution is 0.212. The fourth-order valence-corrected chi connectivity index (χ4v) is 2.20. The lowest BCUT2D eigenvalue weighted by Gasteiger charge is -2.16. The van der Waals surface area contributed by atoms with Gasteiger partial charge in [-0.3, -0.25) is 0 Å². The maximum atomic E-state index is 12.1. The van der Waals surface area contributed by atoms with Gasteiger partial charge in [0.25, 0.3) is 0 Å². The van der Waals surface area contributed by atoms with Gasteiger partial charge in [-0.05, 0) is 23.3 Å². The zero-order valence-corrected chi connectivity index (χ0v) is 14.0. The molecule has 0 unspecified atom stereocenters. The molecule has 3 nitrogen and oxygen atoms in total. The third kappa shape index (κ3) is 4.62. The van der Waals surface area contributed by atoms with Gasteiger partial charge in [0.2, 0.25) is 0 Å². The molecular formula is C19H26N2O. The van der Waals surface area contributed by atoms with Crippen molar-refractivity contribution >= 4 is 11.7 Å². The van der Waals surface area contributed by atoms with Gasteiger partial charge in [0.1, 0.15) is 0 Å². The minimum Gasteiger partial charge on any atom is -0.316 e. The maximum absolute atomic E-state index is 12.1. The Hall–Kier alpha value is -2.29. The molecule has 3 heteroatoms. The van der Waals surface area contributed by atoms with E-state index in [1.165, 1.54) is 11.1 Å². The summed E-state index contributed by atoms with van der Waals surface area (Å²) in [4.78, 5) is 13.9. The first kappa shape index (κ1) is 17.8. The summed E-state index contributed by atoms with van der Waals surface area (Å²) in [6, 6.07) is 17.7. The molecule has 0 atom stereocenters. The summed E-state index contributed by atoms with van der Waals surface area (Å²) >= 11 is 0. The van der Waals surface area contributed by atoms with Gasteiger partial charge in [-0.1, -0.05) is 70.2 Å². The van der Waals surface area contributed by atoms with E-state index >= 15 is 0 Å². The molecule has 0 saturated carbocycles. The number of nitrogens with zero attached hydrogens (tertiary/aromatic N) is 1. The Bertz CT molecular complexity index is 542. The summed E-state index contributed by atoms with van der Waals surface area (Å²) in [7, 11) is 0. The molecule has 2 amide bonds. The van der Waals surface area contributed by atoms with Crippen molar-refractivity contribution < 1.29 is 4.79 Å². The average molecular weight is 298 g/mol. The molecule has 1 heterocycles. The van der Waals surface area contributed by atoms with Crippen LogP contribution in [0.25, 0.3) is 0 Å². The van der Waals surface area contributed by atoms with E-state index in [-0.39, 0.29) is 6.03 Å². The Balaban J connectivity index is 0.000000561. The topological polar surface area (TPSA) is 32.3 Å². The Kier molecular flexibility index (Phi) is 7.76. The number of fused-ring (bicyclic) bond motifs is 1. The van der Waals surface area contributed by atoms with Crippen LogP contribution in [0.5, 0.6) is 0 Å². The summed E-state index contributed by atoms with van der Waals surface area (Å²) < 4.78 is 0. The minimum absolute atomic E-state index is 0.0441. The summed E-state index contributed by atoms with van der Waals surface area (Å²) in [5.41, 5.74) is 3.31. The highest BCUT2D eigenvalue weighted by atomic mass is 16.2. The highest BCUT2D eigenvalue weighted by Gasteiger charge is 2.22. The first-order chi connectivity index (χ1) is 10.8. The van der Waals surface area contributed by atoms with Gasteiger partial charge in [-0.25, -0.2) is 4.79 Å². The van der Waals surface area contributed by atoms with E-state index in [4.69, 9.17) is 0 Å². The molecule has 1 aliphatic rings. The number of benzene rings is 2. The quantitative estimate of drug-likeness (QED) is 0.762. The molecule has 1 N–H and O–H groups in total. The summed E-state index contributed by atoms with van der Waals surface area (Å²) in [6.07, 6.45) is 0. The largest absolute Gasteiger partial charge is 0.322 e. The van der Waals surface area contributed by atoms with Crippen LogP contribution < -0.4 is 5.32 Å². The van der Waals surface area contributed by atoms with Gasteiger partial charge in [0.05, 0.1) is 0 Å². The normalized spacial score (nSPS) is 11.4. The van der Waals surface area contributed by atoms with Gasteiger partial charge in [-0.15, -0.1) is 0 Å². The van der Waals surface area contributed by atoms with Gasteiger partial charge >= 0.3 is 6.03 Å². The van der Waals surface area contributed by atoms with E-state index in [1.807, 2.05) is 75.1 Å². The predicted octanol–water partition coefficient (Wildman–Crippen LogP) is 5.29. The standard InChI is InChI=1S/C15H14N2O.2C2H6/c18-15(16-14-8-2-1-3-9-14)17-10-12-6-4-5-7-13(12)11-17;2*1-2/h1-9H,10-11H2,(H,16,18);2*1-2H3. The number of para-hydroxylation sites is 1. The molecule has 1 aliphatic heterocycles. The van der Waals surface area contributed by atoms with Gasteiger partial charge in [-0.2, -0.15) is 0 Å². The summed E-state index contributed by atoms with van der Waals surface area (Å²) in [5, 5.41) is 2.91. The number of carbonyl (C=O) groups is 1. The van der Waals surface area contributed by atoms with E-state index in [0.29, 0.717) is 13.1 Å². The smallest absolute Gasteiger partial charge is 0.316 e. The van der Waals surface area contributed by atoms with E-state index in [9.17, 15) is 4.79 Å². The summed E-state index contributed by atoms with van der Waals surface area (Å²) in [6.45, 7) is 9.38. The molecule has 22 heavy (non-hydrogen) atoms. The highest BCUT2D eigenvalue weighted by Crippen LogP contribution is 2.22. The van der Waals surface area contributed by atoms with Crippen LogP contribution in [0.2, 0.25) is 0 Å². The van der Waals surface area contributed by atoms with Crippen LogP contribution in [-0.2, 0) is 13.1 Å². The molecule has 118 valence electrons. The van der Waals surface area contributed by atoms with Crippen LogP contribution in [0.15, 0.2) is 54.6 Å². The number of hydrogen-bond donors (Lipinski definition) is 1. The second-order valence-electron chi connectivity index (χ2n) is 4.42. The van der Waals surface area contributed by atoms with Gasteiger partial charge < -0.3 is 10.2 Å². The number of nitrogens with one attached hydrogen (secondary N) is 1. The van der Waals surface area contributed by atoms with Gasteiger partial charge in [0.15, 0.2) is 0 Å². The SMILES string of the molecule is CC.CC.O=C(Nc1ccccc1)N1Cc2ccccc2C1. The Morgan fingerprint density at radius 2 is 1.27 bits per heavy atom. The zero-order chi connectivity index (χ0) is 16.4. The zero-order valence-electron chi connectivity index (χ0n) is 14.0. The monoisotopic (exact) mass is 298 g/mol. The van der Waals surface area contributed by atoms with Crippen molar-refractivity contribution in [2.45, 2.75) is 40.8 Å². The van der Waals surface area contributed by atoms with Crippen molar-refractivity contribution in [1.82, 2.24) is 4.90 Å². The molecule has 2 aromatic rings. The highest BCUT2D eigenvalue weighted by molar-refractivity contribution is 5.89. The molecule has 0 aliphatic carbocycles. The molecule has 0 spiro atoms. The Labute approximate surface area is 134 Å². The second kappa shape index (κ2) is 9.61. The molecular weight excluding hydrogens is 272 g/mol. The van der Waals surface area contributed by atoms with Crippen LogP contribution >= 0.6 is 0 Å². The van der Waals surface area contributed by atoms with E-state index < -0.39 is 0 Å². The fraction of sp³-hybridized carbons (Fsp3) is 0.316. The van der Waals surface area contributed by atoms with Crippen molar-refractivity contribution in [1.29, 1.82) is 0 Å². The van der Waals surface area contributed by atoms with Gasteiger partial charge in [0, 0.05) is 18.8 Å². The predicted molar refractivity (Wildman–Crippen MR) is 93.8 cm³/mol. The van der Waals surface area contributed by atoms with Crippen LogP contribution in [0.3, 0.4) is 0 Å². The van der Waals surface area contributed by atoms with E-state index in [0.717, 1.165) is 5.69 Å². The van der Waals surface area contributed by atoms with Crippen LogP contribution in [0.4, 0.5) is 10.5 Å². The molecule has 0 saturated heterocycles. The molecule has 2 aromatic carbocycles. The Morgan fingerprint density at radius 3 is 1.77 bits per heavy atom. The number of urea groups is 1. The Morgan fingerprint density at radius 1 is 0.818 bits per heavy atom. The summed E-state index contributed by atoms with van der Waals surface area (Å²) in [5.74, 6) is 0. The van der Waals surface area contributed by atoms with Crippen LogP contribution in [-0.4, -0.2) is 10.9 Å². The first-order valence-corrected chi connectivity index (χ1v) is 8.01. The van der Waals surface area contributed by atoms with E-state index in [2.05, 4.69) is 17.4 Å². The fourth-order valence-electron chi connectivity index (χ4n) is 2.20. The first-order valence-electron chi connectivity index (χ1n) is 8.01. The molecule has 0 fully saturated rings. The molecule has 3 rings (SSSR count). The lowest BCUT2D eigenvalue weighted by Crippen LogP contribution is -2.30. The number of hydrogen-bond acceptors (Lipinski definition) is 1. The van der Waals surface area contributed by atoms with Crippen molar-refractivity contribution in [3.63, 3.8) is 0 Å². The van der Waals surface area contributed by atoms with E-state index in [1.54, 1.807) is 0 Å². The lowest BCUT2D eigenvalue weighted by atomic mass is 10.1. The van der Waals surface area contributed by atoms with Crippen molar-refractivity contribution in [2.75, 3.05) is 5.32 Å². The van der Waals surface area contributed by atoms with Crippen LogP contribution in [0, 0.1) is 0 Å². The average Bonchev–Trinajstić information content (AvgIpc) is 3.04. The number of anilines is 1. The molecule has 0 radical (unpaired) electrons. The van der Waals surface area contributed by atoms with Crippen molar-refractivity contribution in [2.24, 2.45) is 0 Å². The number of carbonyl (C=O) groups excluding carboxylic acids is 1. The molecule has 0 bridgehead atoms.